The predicted molar refractivity (Wildman–Crippen MR) is 102 cm³/mol. The topological polar surface area (TPSA) is 54.6 Å². The number of rotatable bonds is 3. The van der Waals surface area contributed by atoms with E-state index < -0.39 is 0 Å². The molecule has 1 saturated heterocycles. The van der Waals surface area contributed by atoms with Gasteiger partial charge in [0.05, 0.1) is 11.9 Å². The first-order valence-electron chi connectivity index (χ1n) is 9.79. The van der Waals surface area contributed by atoms with Crippen molar-refractivity contribution in [1.82, 2.24) is 9.97 Å². The third-order valence-corrected chi connectivity index (χ3v) is 7.45. The van der Waals surface area contributed by atoms with Crippen molar-refractivity contribution in [3.05, 3.63) is 26.6 Å². The Kier molecular flexibility index (Phi) is 4.69. The van der Waals surface area contributed by atoms with E-state index in [0.29, 0.717) is 0 Å². The number of aromatic nitrogens is 2. The number of nitrogens with zero attached hydrogens (tertiary/aromatic N) is 1. The van der Waals surface area contributed by atoms with Gasteiger partial charge in [-0.1, -0.05) is 6.92 Å². The van der Waals surface area contributed by atoms with E-state index in [0.717, 1.165) is 47.9 Å². The standard InChI is InChI=1S/C19H28N4OS/c1-4-22-7-9-23(10-8-22)13(3)17-20-18(24)16-14-6-5-12(2)11-15(14)25-19(16)21-17/h12-13H,4-11H2,1-3H3,(H,20,21,24)/p+2/t12-,13+/m1/s1. The van der Waals surface area contributed by atoms with Gasteiger partial charge in [-0.05, 0) is 44.6 Å². The first-order valence-corrected chi connectivity index (χ1v) is 10.6. The summed E-state index contributed by atoms with van der Waals surface area (Å²) in [4.78, 5) is 26.4. The molecule has 0 aromatic carbocycles. The van der Waals surface area contributed by atoms with Gasteiger partial charge in [0.2, 0.25) is 0 Å². The summed E-state index contributed by atoms with van der Waals surface area (Å²) in [6.45, 7) is 12.7. The van der Waals surface area contributed by atoms with Crippen LogP contribution in [0.5, 0.6) is 0 Å². The number of H-pyrrole nitrogens is 1. The Morgan fingerprint density at radius 1 is 1.32 bits per heavy atom. The molecule has 2 atom stereocenters. The zero-order chi connectivity index (χ0) is 17.6. The molecule has 2 aliphatic rings. The molecule has 1 aliphatic carbocycles. The van der Waals surface area contributed by atoms with Crippen molar-refractivity contribution in [2.24, 2.45) is 5.92 Å². The first kappa shape index (κ1) is 17.2. The van der Waals surface area contributed by atoms with Crippen LogP contribution in [0.25, 0.3) is 10.2 Å². The lowest BCUT2D eigenvalue weighted by Gasteiger charge is -2.32. The van der Waals surface area contributed by atoms with Crippen LogP contribution in [0.2, 0.25) is 0 Å². The van der Waals surface area contributed by atoms with Gasteiger partial charge >= 0.3 is 0 Å². The summed E-state index contributed by atoms with van der Waals surface area (Å²) in [6.07, 6.45) is 3.32. The molecule has 3 N–H and O–H groups in total. The fourth-order valence-electron chi connectivity index (χ4n) is 4.48. The smallest absolute Gasteiger partial charge is 0.260 e. The van der Waals surface area contributed by atoms with Crippen molar-refractivity contribution in [1.29, 1.82) is 0 Å². The van der Waals surface area contributed by atoms with Crippen molar-refractivity contribution in [3.63, 3.8) is 0 Å². The zero-order valence-corrected chi connectivity index (χ0v) is 16.4. The SMILES string of the molecule is CC[NH+]1CC[NH+]([C@@H](C)c2nc3sc4c(c3c(=O)[nH]2)CC[C@@H](C)C4)CC1. The van der Waals surface area contributed by atoms with E-state index in [1.165, 1.54) is 36.5 Å². The fraction of sp³-hybridized carbons (Fsp3) is 0.684. The maximum absolute atomic E-state index is 12.8. The molecule has 1 aliphatic heterocycles. The second-order valence-electron chi connectivity index (χ2n) is 7.97. The highest BCUT2D eigenvalue weighted by molar-refractivity contribution is 7.18. The van der Waals surface area contributed by atoms with E-state index >= 15 is 0 Å². The Morgan fingerprint density at radius 3 is 2.80 bits per heavy atom. The van der Waals surface area contributed by atoms with Gasteiger partial charge in [-0.3, -0.25) is 4.79 Å². The van der Waals surface area contributed by atoms with Gasteiger partial charge < -0.3 is 14.8 Å². The average Bonchev–Trinajstić information content (AvgIpc) is 2.98. The number of likely N-dealkylation sites (N-methyl/N-ethyl adjacent to an activating group) is 1. The van der Waals surface area contributed by atoms with Gasteiger partial charge in [0.25, 0.3) is 5.56 Å². The summed E-state index contributed by atoms with van der Waals surface area (Å²) in [5.74, 6) is 1.60. The summed E-state index contributed by atoms with van der Waals surface area (Å²) < 4.78 is 0. The number of piperazine rings is 1. The number of hydrogen-bond acceptors (Lipinski definition) is 3. The molecular formula is C19H30N4OS+2. The van der Waals surface area contributed by atoms with Crippen molar-refractivity contribution in [2.75, 3.05) is 32.7 Å². The summed E-state index contributed by atoms with van der Waals surface area (Å²) in [6, 6.07) is 0.258. The number of aromatic amines is 1. The monoisotopic (exact) mass is 362 g/mol. The summed E-state index contributed by atoms with van der Waals surface area (Å²) in [5, 5.41) is 0.873. The molecule has 5 nitrogen and oxygen atoms in total. The molecule has 0 spiro atoms. The second-order valence-corrected chi connectivity index (χ2v) is 9.05. The van der Waals surface area contributed by atoms with E-state index in [4.69, 9.17) is 4.98 Å². The Hall–Kier alpha value is -1.24. The normalized spacial score (nSPS) is 28.0. The predicted octanol–water partition coefficient (Wildman–Crippen LogP) is -0.0263. The van der Waals surface area contributed by atoms with Gasteiger partial charge in [0.1, 0.15) is 37.1 Å². The molecule has 3 heterocycles. The van der Waals surface area contributed by atoms with Crippen molar-refractivity contribution < 1.29 is 9.80 Å². The van der Waals surface area contributed by atoms with Crippen LogP contribution in [0.3, 0.4) is 0 Å². The second kappa shape index (κ2) is 6.82. The molecule has 4 rings (SSSR count). The maximum atomic E-state index is 12.8. The number of hydrogen-bond donors (Lipinski definition) is 3. The van der Waals surface area contributed by atoms with Crippen LogP contribution in [-0.2, 0) is 12.8 Å². The van der Waals surface area contributed by atoms with Crippen molar-refractivity contribution in [2.45, 2.75) is 46.1 Å². The van der Waals surface area contributed by atoms with Crippen LogP contribution < -0.4 is 15.4 Å². The van der Waals surface area contributed by atoms with Gasteiger partial charge in [-0.25, -0.2) is 4.98 Å². The molecule has 136 valence electrons. The lowest BCUT2D eigenvalue weighted by molar-refractivity contribution is -1.03. The van der Waals surface area contributed by atoms with Crippen LogP contribution >= 0.6 is 11.3 Å². The summed E-state index contributed by atoms with van der Waals surface area (Å²) >= 11 is 1.76. The molecule has 0 amide bonds. The highest BCUT2D eigenvalue weighted by Crippen LogP contribution is 2.35. The highest BCUT2D eigenvalue weighted by Gasteiger charge is 2.30. The Morgan fingerprint density at radius 2 is 2.08 bits per heavy atom. The number of nitrogens with one attached hydrogen (secondary N) is 3. The number of fused-ring (bicyclic) bond motifs is 3. The zero-order valence-electron chi connectivity index (χ0n) is 15.6. The Bertz CT molecular complexity index is 819. The maximum Gasteiger partial charge on any atom is 0.260 e. The molecule has 25 heavy (non-hydrogen) atoms. The van der Waals surface area contributed by atoms with Crippen LogP contribution in [0.1, 0.15) is 49.5 Å². The van der Waals surface area contributed by atoms with Crippen LogP contribution in [0.4, 0.5) is 0 Å². The fourth-order valence-corrected chi connectivity index (χ4v) is 5.87. The van der Waals surface area contributed by atoms with Crippen LogP contribution in [0, 0.1) is 5.92 Å². The van der Waals surface area contributed by atoms with E-state index in [9.17, 15) is 4.79 Å². The third kappa shape index (κ3) is 3.15. The highest BCUT2D eigenvalue weighted by atomic mass is 32.1. The molecule has 2 aromatic heterocycles. The van der Waals surface area contributed by atoms with E-state index in [-0.39, 0.29) is 11.6 Å². The Balaban J connectivity index is 1.64. The number of quaternary nitrogens is 2. The lowest BCUT2D eigenvalue weighted by atomic mass is 9.89. The van der Waals surface area contributed by atoms with Crippen molar-refractivity contribution >= 4 is 21.6 Å². The van der Waals surface area contributed by atoms with Gasteiger partial charge in [0, 0.05) is 4.88 Å². The summed E-state index contributed by atoms with van der Waals surface area (Å²) in [5.41, 5.74) is 1.36. The number of thiophene rings is 1. The minimum atomic E-state index is 0.0797. The van der Waals surface area contributed by atoms with E-state index in [2.05, 4.69) is 25.8 Å². The summed E-state index contributed by atoms with van der Waals surface area (Å²) in [7, 11) is 0. The largest absolute Gasteiger partial charge is 0.326 e. The molecule has 2 aromatic rings. The molecular weight excluding hydrogens is 332 g/mol. The average molecular weight is 363 g/mol. The van der Waals surface area contributed by atoms with E-state index in [1.807, 2.05) is 0 Å². The third-order valence-electron chi connectivity index (χ3n) is 6.31. The molecule has 0 saturated carbocycles. The van der Waals surface area contributed by atoms with E-state index in [1.54, 1.807) is 21.1 Å². The molecule has 6 heteroatoms. The Labute approximate surface area is 153 Å². The first-order chi connectivity index (χ1) is 12.1. The van der Waals surface area contributed by atoms with Crippen LogP contribution in [0.15, 0.2) is 4.79 Å². The molecule has 0 radical (unpaired) electrons. The van der Waals surface area contributed by atoms with Crippen LogP contribution in [-0.4, -0.2) is 42.7 Å². The van der Waals surface area contributed by atoms with Gasteiger partial charge in [0.15, 0.2) is 5.82 Å². The van der Waals surface area contributed by atoms with Gasteiger partial charge in [-0.2, -0.15) is 0 Å². The molecule has 0 unspecified atom stereocenters. The molecule has 0 bridgehead atoms. The van der Waals surface area contributed by atoms with Crippen molar-refractivity contribution in [3.8, 4) is 0 Å². The quantitative estimate of drug-likeness (QED) is 0.719. The molecule has 1 fully saturated rings. The minimum absolute atomic E-state index is 0.0797. The minimum Gasteiger partial charge on any atom is -0.326 e. The number of aryl methyl sites for hydroxylation is 1. The van der Waals surface area contributed by atoms with Gasteiger partial charge in [-0.15, -0.1) is 11.3 Å². The lowest BCUT2D eigenvalue weighted by Crippen LogP contribution is -3.28.